The average molecular weight is 222 g/mol. The van der Waals surface area contributed by atoms with Crippen LogP contribution in [0.1, 0.15) is 44.4 Å². The van der Waals surface area contributed by atoms with Gasteiger partial charge in [0.05, 0.1) is 11.6 Å². The van der Waals surface area contributed by atoms with E-state index in [1.165, 1.54) is 0 Å². The van der Waals surface area contributed by atoms with Gasteiger partial charge in [-0.15, -0.1) is 0 Å². The molecule has 0 amide bonds. The van der Waals surface area contributed by atoms with Gasteiger partial charge in [0, 0.05) is 24.6 Å². The van der Waals surface area contributed by atoms with Gasteiger partial charge in [0.2, 0.25) is 0 Å². The molecule has 0 aliphatic heterocycles. The number of aliphatic carboxylic acids is 1. The molecular formula is C12H18N2O2. The second-order valence-electron chi connectivity index (χ2n) is 5.64. The molecule has 0 saturated heterocycles. The van der Waals surface area contributed by atoms with E-state index < -0.39 is 5.97 Å². The van der Waals surface area contributed by atoms with Crippen LogP contribution in [0, 0.1) is 5.92 Å². The first kappa shape index (κ1) is 11.2. The molecule has 2 rings (SSSR count). The maximum absolute atomic E-state index is 10.9. The van der Waals surface area contributed by atoms with Crippen LogP contribution < -0.4 is 0 Å². The van der Waals surface area contributed by atoms with Crippen LogP contribution in [0.5, 0.6) is 0 Å². The van der Waals surface area contributed by atoms with Crippen LogP contribution >= 0.6 is 0 Å². The number of hydrogen-bond acceptors (Lipinski definition) is 2. The third-order valence-electron chi connectivity index (χ3n) is 3.07. The van der Waals surface area contributed by atoms with Crippen LogP contribution in [0.25, 0.3) is 0 Å². The number of hydrogen-bond donors (Lipinski definition) is 1. The van der Waals surface area contributed by atoms with Crippen molar-refractivity contribution >= 4 is 5.97 Å². The van der Waals surface area contributed by atoms with E-state index >= 15 is 0 Å². The van der Waals surface area contributed by atoms with Gasteiger partial charge >= 0.3 is 5.97 Å². The van der Waals surface area contributed by atoms with Gasteiger partial charge in [-0.3, -0.25) is 9.48 Å². The summed E-state index contributed by atoms with van der Waals surface area (Å²) in [5, 5.41) is 13.4. The number of carboxylic acids is 1. The lowest BCUT2D eigenvalue weighted by Crippen LogP contribution is -2.15. The van der Waals surface area contributed by atoms with Crippen LogP contribution in [0.3, 0.4) is 0 Å². The van der Waals surface area contributed by atoms with Crippen LogP contribution in [0.4, 0.5) is 0 Å². The predicted octanol–water partition coefficient (Wildman–Crippen LogP) is 1.91. The summed E-state index contributed by atoms with van der Waals surface area (Å²) >= 11 is 0. The van der Waals surface area contributed by atoms with Crippen molar-refractivity contribution in [3.8, 4) is 0 Å². The number of nitrogens with zero attached hydrogens (tertiary/aromatic N) is 2. The van der Waals surface area contributed by atoms with E-state index in [2.05, 4.69) is 25.9 Å². The molecule has 4 heteroatoms. The molecule has 0 bridgehead atoms. The number of rotatable bonds is 2. The highest BCUT2D eigenvalue weighted by Crippen LogP contribution is 2.49. The maximum Gasteiger partial charge on any atom is 0.307 e. The molecule has 1 aliphatic carbocycles. The number of carboxylic acid groups (broad SMARTS) is 1. The molecular weight excluding hydrogens is 204 g/mol. The number of aromatic nitrogens is 2. The van der Waals surface area contributed by atoms with Gasteiger partial charge in [-0.25, -0.2) is 0 Å². The quantitative estimate of drug-likeness (QED) is 0.831. The van der Waals surface area contributed by atoms with E-state index in [9.17, 15) is 4.79 Å². The molecule has 1 saturated carbocycles. The second-order valence-corrected chi connectivity index (χ2v) is 5.64. The largest absolute Gasteiger partial charge is 0.481 e. The Kier molecular flexibility index (Phi) is 2.33. The molecule has 1 aromatic heterocycles. The van der Waals surface area contributed by atoms with Crippen molar-refractivity contribution in [1.82, 2.24) is 9.78 Å². The fourth-order valence-electron chi connectivity index (χ4n) is 2.17. The Balaban J connectivity index is 2.32. The number of carbonyl (C=O) groups is 1. The summed E-state index contributed by atoms with van der Waals surface area (Å²) < 4.78 is 1.78. The summed E-state index contributed by atoms with van der Waals surface area (Å²) in [4.78, 5) is 10.9. The minimum absolute atomic E-state index is 0.0256. The molecule has 16 heavy (non-hydrogen) atoms. The van der Waals surface area contributed by atoms with Gasteiger partial charge in [0.1, 0.15) is 0 Å². The normalized spacial score (nSPS) is 24.5. The fraction of sp³-hybridized carbons (Fsp3) is 0.667. The summed E-state index contributed by atoms with van der Waals surface area (Å²) in [5.74, 6) is -0.723. The Bertz CT molecular complexity index is 429. The zero-order valence-electron chi connectivity index (χ0n) is 10.2. The lowest BCUT2D eigenvalue weighted by Gasteiger charge is -2.17. The summed E-state index contributed by atoms with van der Waals surface area (Å²) in [6.45, 7) is 6.32. The average Bonchev–Trinajstić information content (AvgIpc) is 2.82. The molecule has 4 nitrogen and oxygen atoms in total. The zero-order valence-corrected chi connectivity index (χ0v) is 10.2. The molecule has 1 heterocycles. The van der Waals surface area contributed by atoms with Gasteiger partial charge in [-0.1, -0.05) is 20.8 Å². The van der Waals surface area contributed by atoms with E-state index in [0.29, 0.717) is 0 Å². The molecule has 1 aliphatic rings. The Labute approximate surface area is 95.3 Å². The Morgan fingerprint density at radius 2 is 2.19 bits per heavy atom. The standard InChI is InChI=1S/C12H18N2O2/c1-12(2,3)10-9(6-14(4)13-10)7-5-8(7)11(15)16/h6-8H,5H2,1-4H3,(H,15,16)/t7-,8-/m1/s1. The van der Waals surface area contributed by atoms with Crippen LogP contribution in [0.2, 0.25) is 0 Å². The monoisotopic (exact) mass is 222 g/mol. The Morgan fingerprint density at radius 3 is 2.62 bits per heavy atom. The third kappa shape index (κ3) is 1.84. The van der Waals surface area contributed by atoms with Crippen molar-refractivity contribution in [2.75, 3.05) is 0 Å². The summed E-state index contributed by atoms with van der Waals surface area (Å²) in [5.41, 5.74) is 2.12. The maximum atomic E-state index is 10.9. The molecule has 0 spiro atoms. The van der Waals surface area contributed by atoms with Gasteiger partial charge in [-0.2, -0.15) is 5.10 Å². The minimum Gasteiger partial charge on any atom is -0.481 e. The highest BCUT2D eigenvalue weighted by molar-refractivity contribution is 5.75. The van der Waals surface area contributed by atoms with E-state index in [4.69, 9.17) is 5.11 Å². The van der Waals surface area contributed by atoms with Gasteiger partial charge in [0.25, 0.3) is 0 Å². The molecule has 1 aromatic rings. The number of aryl methyl sites for hydroxylation is 1. The second kappa shape index (κ2) is 3.34. The zero-order chi connectivity index (χ0) is 12.1. The molecule has 1 fully saturated rings. The fourth-order valence-corrected chi connectivity index (χ4v) is 2.17. The van der Waals surface area contributed by atoms with Gasteiger partial charge in [-0.05, 0) is 12.0 Å². The SMILES string of the molecule is Cn1cc([C@@H]2C[C@H]2C(=O)O)c(C(C)(C)C)n1. The molecule has 88 valence electrons. The summed E-state index contributed by atoms with van der Waals surface area (Å²) in [6.07, 6.45) is 2.72. The van der Waals surface area contributed by atoms with Crippen LogP contribution in [-0.4, -0.2) is 20.9 Å². The molecule has 0 unspecified atom stereocenters. The molecule has 0 aromatic carbocycles. The molecule has 1 N–H and O–H groups in total. The Hall–Kier alpha value is -1.32. The van der Waals surface area contributed by atoms with Crippen molar-refractivity contribution in [3.63, 3.8) is 0 Å². The van der Waals surface area contributed by atoms with Crippen molar-refractivity contribution in [1.29, 1.82) is 0 Å². The molecule has 2 atom stereocenters. The first-order chi connectivity index (χ1) is 7.30. The molecule has 0 radical (unpaired) electrons. The van der Waals surface area contributed by atoms with Crippen molar-refractivity contribution < 1.29 is 9.90 Å². The van der Waals surface area contributed by atoms with E-state index in [-0.39, 0.29) is 17.3 Å². The van der Waals surface area contributed by atoms with Crippen LogP contribution in [0.15, 0.2) is 6.20 Å². The Morgan fingerprint density at radius 1 is 1.56 bits per heavy atom. The minimum atomic E-state index is -0.686. The van der Waals surface area contributed by atoms with Crippen molar-refractivity contribution in [2.24, 2.45) is 13.0 Å². The first-order valence-electron chi connectivity index (χ1n) is 5.57. The third-order valence-corrected chi connectivity index (χ3v) is 3.07. The highest BCUT2D eigenvalue weighted by atomic mass is 16.4. The smallest absolute Gasteiger partial charge is 0.307 e. The first-order valence-corrected chi connectivity index (χ1v) is 5.57. The van der Waals surface area contributed by atoms with Crippen molar-refractivity contribution in [3.05, 3.63) is 17.5 Å². The lowest BCUT2D eigenvalue weighted by molar-refractivity contribution is -0.138. The van der Waals surface area contributed by atoms with Crippen LogP contribution in [-0.2, 0) is 17.3 Å². The van der Waals surface area contributed by atoms with E-state index in [0.717, 1.165) is 17.7 Å². The predicted molar refractivity (Wildman–Crippen MR) is 60.4 cm³/mol. The van der Waals surface area contributed by atoms with Gasteiger partial charge in [0.15, 0.2) is 0 Å². The topological polar surface area (TPSA) is 55.1 Å². The van der Waals surface area contributed by atoms with E-state index in [1.807, 2.05) is 13.2 Å². The summed E-state index contributed by atoms with van der Waals surface area (Å²) in [7, 11) is 1.89. The highest BCUT2D eigenvalue weighted by Gasteiger charge is 2.47. The van der Waals surface area contributed by atoms with Crippen molar-refractivity contribution in [2.45, 2.75) is 38.5 Å². The lowest BCUT2D eigenvalue weighted by atomic mass is 9.88. The van der Waals surface area contributed by atoms with Gasteiger partial charge < -0.3 is 5.11 Å². The van der Waals surface area contributed by atoms with E-state index in [1.54, 1.807) is 4.68 Å². The summed E-state index contributed by atoms with van der Waals surface area (Å²) in [6, 6.07) is 0.